The van der Waals surface area contributed by atoms with E-state index in [1.807, 2.05) is 0 Å². The van der Waals surface area contributed by atoms with Crippen molar-refractivity contribution in [3.05, 3.63) is 35.4 Å². The highest BCUT2D eigenvalue weighted by atomic mass is 15.1. The number of benzene rings is 1. The first-order valence-corrected chi connectivity index (χ1v) is 6.45. The minimum absolute atomic E-state index is 0.0465. The molecule has 0 bridgehead atoms. The molecule has 0 radical (unpaired) electrons. The van der Waals surface area contributed by atoms with Crippen LogP contribution in [0.5, 0.6) is 0 Å². The fourth-order valence-electron chi connectivity index (χ4n) is 1.61. The molecular weight excluding hydrogens is 222 g/mol. The van der Waals surface area contributed by atoms with Crippen LogP contribution >= 0.6 is 0 Å². The molecule has 1 rings (SSSR count). The molecule has 0 aliphatic heterocycles. The quantitative estimate of drug-likeness (QED) is 0.637. The Kier molecular flexibility index (Phi) is 4.76. The zero-order chi connectivity index (χ0) is 13.8. The van der Waals surface area contributed by atoms with Crippen molar-refractivity contribution in [2.24, 2.45) is 10.7 Å². The fraction of sp³-hybridized carbons (Fsp3) is 0.533. The van der Waals surface area contributed by atoms with Crippen molar-refractivity contribution in [1.29, 1.82) is 0 Å². The van der Waals surface area contributed by atoms with Gasteiger partial charge in [0, 0.05) is 5.54 Å². The molecule has 0 spiro atoms. The molecule has 0 aliphatic rings. The molecule has 1 aromatic carbocycles. The van der Waals surface area contributed by atoms with Gasteiger partial charge >= 0.3 is 0 Å². The standard InChI is InChI=1S/C15H25N3/c1-11(2)13-8-6-12(7-9-13)10-17-14(16)18-15(3,4)5/h6-9,11H,10H2,1-5H3,(H3,16,17,18). The van der Waals surface area contributed by atoms with Crippen LogP contribution < -0.4 is 11.1 Å². The summed E-state index contributed by atoms with van der Waals surface area (Å²) in [6.07, 6.45) is 0. The highest BCUT2D eigenvalue weighted by molar-refractivity contribution is 5.78. The van der Waals surface area contributed by atoms with Gasteiger partial charge in [0.15, 0.2) is 5.96 Å². The third-order valence-corrected chi connectivity index (χ3v) is 2.58. The van der Waals surface area contributed by atoms with Gasteiger partial charge in [-0.3, -0.25) is 0 Å². The molecule has 0 saturated heterocycles. The average molecular weight is 247 g/mol. The molecule has 0 heterocycles. The average Bonchev–Trinajstić information content (AvgIpc) is 2.24. The van der Waals surface area contributed by atoms with Crippen molar-refractivity contribution < 1.29 is 0 Å². The third-order valence-electron chi connectivity index (χ3n) is 2.58. The molecule has 3 nitrogen and oxygen atoms in total. The maximum atomic E-state index is 5.82. The number of nitrogens with one attached hydrogen (secondary N) is 1. The monoisotopic (exact) mass is 247 g/mol. The van der Waals surface area contributed by atoms with Gasteiger partial charge in [-0.15, -0.1) is 0 Å². The van der Waals surface area contributed by atoms with E-state index >= 15 is 0 Å². The summed E-state index contributed by atoms with van der Waals surface area (Å²) in [6, 6.07) is 8.54. The maximum absolute atomic E-state index is 5.82. The highest BCUT2D eigenvalue weighted by Crippen LogP contribution is 2.15. The summed E-state index contributed by atoms with van der Waals surface area (Å²) in [5, 5.41) is 3.15. The van der Waals surface area contributed by atoms with E-state index in [9.17, 15) is 0 Å². The number of hydrogen-bond acceptors (Lipinski definition) is 1. The number of aliphatic imine (C=N–C) groups is 1. The van der Waals surface area contributed by atoms with Crippen molar-refractivity contribution in [2.45, 2.75) is 52.6 Å². The Labute approximate surface area is 111 Å². The van der Waals surface area contributed by atoms with Crippen LogP contribution in [0.3, 0.4) is 0 Å². The normalized spacial score (nSPS) is 12.9. The zero-order valence-electron chi connectivity index (χ0n) is 12.1. The van der Waals surface area contributed by atoms with Crippen molar-refractivity contribution in [2.75, 3.05) is 0 Å². The van der Waals surface area contributed by atoms with Gasteiger partial charge in [-0.05, 0) is 37.8 Å². The zero-order valence-corrected chi connectivity index (χ0v) is 12.1. The van der Waals surface area contributed by atoms with Crippen molar-refractivity contribution in [3.8, 4) is 0 Å². The molecule has 100 valence electrons. The minimum atomic E-state index is -0.0465. The SMILES string of the molecule is CC(C)c1ccc(CN=C(N)NC(C)(C)C)cc1. The highest BCUT2D eigenvalue weighted by Gasteiger charge is 2.09. The number of hydrogen-bond donors (Lipinski definition) is 2. The van der Waals surface area contributed by atoms with Crippen LogP contribution in [0, 0.1) is 0 Å². The lowest BCUT2D eigenvalue weighted by Gasteiger charge is -2.21. The minimum Gasteiger partial charge on any atom is -0.370 e. The summed E-state index contributed by atoms with van der Waals surface area (Å²) in [5.41, 5.74) is 8.31. The van der Waals surface area contributed by atoms with Gasteiger partial charge in [-0.2, -0.15) is 0 Å². The van der Waals surface area contributed by atoms with E-state index < -0.39 is 0 Å². The van der Waals surface area contributed by atoms with Crippen LogP contribution in [0.2, 0.25) is 0 Å². The Morgan fingerprint density at radius 1 is 1.22 bits per heavy atom. The summed E-state index contributed by atoms with van der Waals surface area (Å²) in [7, 11) is 0. The van der Waals surface area contributed by atoms with Gasteiger partial charge in [-0.25, -0.2) is 4.99 Å². The van der Waals surface area contributed by atoms with E-state index in [2.05, 4.69) is 69.2 Å². The van der Waals surface area contributed by atoms with Gasteiger partial charge in [0.1, 0.15) is 0 Å². The number of guanidine groups is 1. The maximum Gasteiger partial charge on any atom is 0.189 e. The summed E-state index contributed by atoms with van der Waals surface area (Å²) in [6.45, 7) is 11.2. The summed E-state index contributed by atoms with van der Waals surface area (Å²) < 4.78 is 0. The van der Waals surface area contributed by atoms with Crippen molar-refractivity contribution >= 4 is 5.96 Å². The number of nitrogens with two attached hydrogens (primary N) is 1. The third kappa shape index (κ3) is 5.21. The first-order chi connectivity index (χ1) is 8.28. The fourth-order valence-corrected chi connectivity index (χ4v) is 1.61. The molecule has 0 amide bonds. The Hall–Kier alpha value is -1.51. The van der Waals surface area contributed by atoms with E-state index in [0.717, 1.165) is 0 Å². The molecule has 18 heavy (non-hydrogen) atoms. The molecule has 0 saturated carbocycles. The first kappa shape index (κ1) is 14.6. The van der Waals surface area contributed by atoms with Gasteiger partial charge < -0.3 is 11.1 Å². The Balaban J connectivity index is 2.60. The van der Waals surface area contributed by atoms with Crippen LogP contribution in [0.25, 0.3) is 0 Å². The van der Waals surface area contributed by atoms with Crippen LogP contribution in [-0.4, -0.2) is 11.5 Å². The molecule has 3 heteroatoms. The second kappa shape index (κ2) is 5.89. The molecule has 0 aliphatic carbocycles. The van der Waals surface area contributed by atoms with E-state index in [1.165, 1.54) is 11.1 Å². The summed E-state index contributed by atoms with van der Waals surface area (Å²) in [4.78, 5) is 4.34. The Morgan fingerprint density at radius 3 is 2.22 bits per heavy atom. The number of rotatable bonds is 3. The van der Waals surface area contributed by atoms with Crippen molar-refractivity contribution in [1.82, 2.24) is 5.32 Å². The van der Waals surface area contributed by atoms with Crippen molar-refractivity contribution in [3.63, 3.8) is 0 Å². The summed E-state index contributed by atoms with van der Waals surface area (Å²) >= 11 is 0. The lowest BCUT2D eigenvalue weighted by molar-refractivity contribution is 0.508. The van der Waals surface area contributed by atoms with E-state index in [-0.39, 0.29) is 5.54 Å². The molecular formula is C15H25N3. The van der Waals surface area contributed by atoms with E-state index in [1.54, 1.807) is 0 Å². The Bertz CT molecular complexity index is 397. The topological polar surface area (TPSA) is 50.4 Å². The second-order valence-corrected chi connectivity index (χ2v) is 5.97. The van der Waals surface area contributed by atoms with Gasteiger partial charge in [0.05, 0.1) is 6.54 Å². The van der Waals surface area contributed by atoms with Crippen LogP contribution in [0.4, 0.5) is 0 Å². The molecule has 0 aromatic heterocycles. The van der Waals surface area contributed by atoms with Crippen LogP contribution in [0.1, 0.15) is 51.7 Å². The van der Waals surface area contributed by atoms with Gasteiger partial charge in [0.25, 0.3) is 0 Å². The lowest BCUT2D eigenvalue weighted by Crippen LogP contribution is -2.44. The van der Waals surface area contributed by atoms with Gasteiger partial charge in [-0.1, -0.05) is 38.1 Å². The summed E-state index contributed by atoms with van der Waals surface area (Å²) in [5.74, 6) is 1.06. The molecule has 0 fully saturated rings. The van der Waals surface area contributed by atoms with Gasteiger partial charge in [0.2, 0.25) is 0 Å². The second-order valence-electron chi connectivity index (χ2n) is 5.97. The molecule has 1 aromatic rings. The first-order valence-electron chi connectivity index (χ1n) is 6.45. The van der Waals surface area contributed by atoms with E-state index in [4.69, 9.17) is 5.73 Å². The molecule has 0 atom stereocenters. The Morgan fingerprint density at radius 2 is 1.78 bits per heavy atom. The predicted octanol–water partition coefficient (Wildman–Crippen LogP) is 3.01. The molecule has 3 N–H and O–H groups in total. The van der Waals surface area contributed by atoms with Crippen LogP contribution in [-0.2, 0) is 6.54 Å². The predicted molar refractivity (Wildman–Crippen MR) is 78.7 cm³/mol. The number of nitrogens with zero attached hydrogens (tertiary/aromatic N) is 1. The van der Waals surface area contributed by atoms with Crippen LogP contribution in [0.15, 0.2) is 29.3 Å². The smallest absolute Gasteiger partial charge is 0.189 e. The lowest BCUT2D eigenvalue weighted by atomic mass is 10.0. The largest absolute Gasteiger partial charge is 0.370 e. The molecule has 0 unspecified atom stereocenters. The van der Waals surface area contributed by atoms with E-state index in [0.29, 0.717) is 18.4 Å².